The van der Waals surface area contributed by atoms with Crippen molar-refractivity contribution in [2.75, 3.05) is 11.9 Å². The zero-order valence-electron chi connectivity index (χ0n) is 11.3. The first-order valence-electron chi connectivity index (χ1n) is 6.06. The van der Waals surface area contributed by atoms with Crippen molar-refractivity contribution >= 4 is 34.7 Å². The number of hydrogen-bond acceptors (Lipinski definition) is 5. The van der Waals surface area contributed by atoms with Crippen molar-refractivity contribution in [2.45, 2.75) is 13.0 Å². The minimum absolute atomic E-state index is 0.0474. The summed E-state index contributed by atoms with van der Waals surface area (Å²) in [4.78, 5) is 19.8. The molecule has 110 valence electrons. The van der Waals surface area contributed by atoms with Gasteiger partial charge in [0.2, 0.25) is 11.1 Å². The van der Waals surface area contributed by atoms with E-state index in [1.165, 1.54) is 0 Å². The van der Waals surface area contributed by atoms with Crippen LogP contribution in [0.5, 0.6) is 0 Å². The highest BCUT2D eigenvalue weighted by molar-refractivity contribution is 6.31. The highest BCUT2D eigenvalue weighted by atomic mass is 35.5. The molecular formula is C13H12Cl2N4O2. The molecule has 2 rings (SSSR count). The van der Waals surface area contributed by atoms with Gasteiger partial charge in [-0.25, -0.2) is 4.98 Å². The lowest BCUT2D eigenvalue weighted by molar-refractivity contribution is -0.384. The number of rotatable bonds is 4. The Balaban J connectivity index is 2.44. The van der Waals surface area contributed by atoms with Gasteiger partial charge in [-0.15, -0.1) is 0 Å². The SMILES string of the molecule is CC(c1ccccc1Cl)N(C)c1nc(Cl)ncc1[N+](=O)[O-]. The Morgan fingerprint density at radius 2 is 2.00 bits per heavy atom. The van der Waals surface area contributed by atoms with Crippen LogP contribution in [0, 0.1) is 10.1 Å². The first-order chi connectivity index (χ1) is 9.91. The summed E-state index contributed by atoms with van der Waals surface area (Å²) in [6, 6.07) is 7.08. The Morgan fingerprint density at radius 3 is 2.62 bits per heavy atom. The first-order valence-corrected chi connectivity index (χ1v) is 6.81. The van der Waals surface area contributed by atoms with Crippen LogP contribution in [0.3, 0.4) is 0 Å². The zero-order valence-corrected chi connectivity index (χ0v) is 12.8. The molecule has 6 nitrogen and oxygen atoms in total. The van der Waals surface area contributed by atoms with Crippen molar-refractivity contribution < 1.29 is 4.92 Å². The molecule has 1 aromatic heterocycles. The Kier molecular flexibility index (Phi) is 4.59. The summed E-state index contributed by atoms with van der Waals surface area (Å²) in [6.07, 6.45) is 1.10. The van der Waals surface area contributed by atoms with Crippen molar-refractivity contribution in [1.29, 1.82) is 0 Å². The van der Waals surface area contributed by atoms with Crippen LogP contribution in [-0.2, 0) is 0 Å². The van der Waals surface area contributed by atoms with E-state index < -0.39 is 4.92 Å². The van der Waals surface area contributed by atoms with Gasteiger partial charge in [-0.2, -0.15) is 4.98 Å². The number of hydrogen-bond donors (Lipinski definition) is 0. The van der Waals surface area contributed by atoms with Crippen LogP contribution in [0.25, 0.3) is 0 Å². The third-order valence-electron chi connectivity index (χ3n) is 3.19. The van der Waals surface area contributed by atoms with Gasteiger partial charge in [0.1, 0.15) is 6.20 Å². The van der Waals surface area contributed by atoms with E-state index in [4.69, 9.17) is 23.2 Å². The fourth-order valence-corrected chi connectivity index (χ4v) is 2.36. The molecule has 0 saturated heterocycles. The summed E-state index contributed by atoms with van der Waals surface area (Å²) in [5, 5.41) is 11.6. The van der Waals surface area contributed by atoms with E-state index in [1.807, 2.05) is 25.1 Å². The van der Waals surface area contributed by atoms with Crippen LogP contribution >= 0.6 is 23.2 Å². The molecule has 1 unspecified atom stereocenters. The summed E-state index contributed by atoms with van der Waals surface area (Å²) in [7, 11) is 1.69. The Bertz CT molecular complexity index is 681. The molecule has 0 N–H and O–H groups in total. The predicted molar refractivity (Wildman–Crippen MR) is 82.0 cm³/mol. The molecule has 2 aromatic rings. The molecule has 0 bridgehead atoms. The lowest BCUT2D eigenvalue weighted by Gasteiger charge is -2.26. The molecule has 1 aromatic carbocycles. The maximum Gasteiger partial charge on any atom is 0.329 e. The molecule has 21 heavy (non-hydrogen) atoms. The van der Waals surface area contributed by atoms with Gasteiger partial charge in [-0.1, -0.05) is 29.8 Å². The third-order valence-corrected chi connectivity index (χ3v) is 3.71. The van der Waals surface area contributed by atoms with Crippen LogP contribution in [-0.4, -0.2) is 21.9 Å². The standard InChI is InChI=1S/C13H12Cl2N4O2/c1-8(9-5-3-4-6-10(9)14)18(2)12-11(19(20)21)7-16-13(15)17-12/h3-8H,1-2H3. The second-order valence-electron chi connectivity index (χ2n) is 4.41. The van der Waals surface area contributed by atoms with E-state index in [0.717, 1.165) is 11.8 Å². The van der Waals surface area contributed by atoms with E-state index in [-0.39, 0.29) is 22.8 Å². The molecular weight excluding hydrogens is 315 g/mol. The van der Waals surface area contributed by atoms with Crippen molar-refractivity contribution in [1.82, 2.24) is 9.97 Å². The van der Waals surface area contributed by atoms with Gasteiger partial charge in [-0.05, 0) is 30.2 Å². The Labute approximate surface area is 131 Å². The van der Waals surface area contributed by atoms with Crippen molar-refractivity contribution in [3.63, 3.8) is 0 Å². The van der Waals surface area contributed by atoms with Gasteiger partial charge in [0.05, 0.1) is 11.0 Å². The molecule has 0 saturated carbocycles. The maximum absolute atomic E-state index is 11.1. The molecule has 0 spiro atoms. The number of nitro groups is 1. The molecule has 0 aliphatic carbocycles. The molecule has 0 amide bonds. The second-order valence-corrected chi connectivity index (χ2v) is 5.16. The monoisotopic (exact) mass is 326 g/mol. The van der Waals surface area contributed by atoms with E-state index in [9.17, 15) is 10.1 Å². The van der Waals surface area contributed by atoms with Crippen LogP contribution in [0.2, 0.25) is 10.3 Å². The zero-order chi connectivity index (χ0) is 15.6. The van der Waals surface area contributed by atoms with E-state index in [2.05, 4.69) is 9.97 Å². The molecule has 0 aliphatic heterocycles. The summed E-state index contributed by atoms with van der Waals surface area (Å²) in [5.74, 6) is 0.146. The van der Waals surface area contributed by atoms with Crippen LogP contribution in [0.15, 0.2) is 30.5 Å². The fraction of sp³-hybridized carbons (Fsp3) is 0.231. The average Bonchev–Trinajstić information content (AvgIpc) is 2.45. The quantitative estimate of drug-likeness (QED) is 0.484. The molecule has 8 heteroatoms. The third kappa shape index (κ3) is 3.22. The van der Waals surface area contributed by atoms with E-state index >= 15 is 0 Å². The summed E-state index contributed by atoms with van der Waals surface area (Å²) in [5.41, 5.74) is 0.631. The normalized spacial score (nSPS) is 12.0. The number of nitrogens with zero attached hydrogens (tertiary/aromatic N) is 4. The van der Waals surface area contributed by atoms with Gasteiger partial charge in [0.15, 0.2) is 0 Å². The fourth-order valence-electron chi connectivity index (χ4n) is 1.94. The smallest absolute Gasteiger partial charge is 0.329 e. The number of aromatic nitrogens is 2. The summed E-state index contributed by atoms with van der Waals surface area (Å²) < 4.78 is 0. The predicted octanol–water partition coefficient (Wildman–Crippen LogP) is 3.89. The topological polar surface area (TPSA) is 72.2 Å². The van der Waals surface area contributed by atoms with Crippen LogP contribution in [0.1, 0.15) is 18.5 Å². The minimum atomic E-state index is -0.540. The number of anilines is 1. The van der Waals surface area contributed by atoms with Crippen LogP contribution in [0.4, 0.5) is 11.5 Å². The Morgan fingerprint density at radius 1 is 1.33 bits per heavy atom. The molecule has 0 aliphatic rings. The highest BCUT2D eigenvalue weighted by Crippen LogP contribution is 2.33. The molecule has 1 atom stereocenters. The van der Waals surface area contributed by atoms with Crippen molar-refractivity contribution in [3.05, 3.63) is 56.4 Å². The van der Waals surface area contributed by atoms with Gasteiger partial charge >= 0.3 is 5.69 Å². The lowest BCUT2D eigenvalue weighted by atomic mass is 10.1. The largest absolute Gasteiger partial charge is 0.347 e. The number of benzene rings is 1. The molecule has 0 radical (unpaired) electrons. The van der Waals surface area contributed by atoms with E-state index in [0.29, 0.717) is 5.02 Å². The first kappa shape index (κ1) is 15.5. The molecule has 0 fully saturated rings. The summed E-state index contributed by atoms with van der Waals surface area (Å²) in [6.45, 7) is 1.88. The van der Waals surface area contributed by atoms with Gasteiger partial charge in [0.25, 0.3) is 0 Å². The van der Waals surface area contributed by atoms with Crippen molar-refractivity contribution in [3.8, 4) is 0 Å². The van der Waals surface area contributed by atoms with Gasteiger partial charge in [0, 0.05) is 12.1 Å². The van der Waals surface area contributed by atoms with Crippen LogP contribution < -0.4 is 4.90 Å². The van der Waals surface area contributed by atoms with E-state index in [1.54, 1.807) is 18.0 Å². The maximum atomic E-state index is 11.1. The average molecular weight is 327 g/mol. The van der Waals surface area contributed by atoms with Crippen molar-refractivity contribution in [2.24, 2.45) is 0 Å². The van der Waals surface area contributed by atoms with Gasteiger partial charge in [-0.3, -0.25) is 10.1 Å². The highest BCUT2D eigenvalue weighted by Gasteiger charge is 2.25. The second kappa shape index (κ2) is 6.24. The molecule has 1 heterocycles. The summed E-state index contributed by atoms with van der Waals surface area (Å²) >= 11 is 11.9. The number of halogens is 2. The minimum Gasteiger partial charge on any atom is -0.347 e. The lowest BCUT2D eigenvalue weighted by Crippen LogP contribution is -2.24. The van der Waals surface area contributed by atoms with Gasteiger partial charge < -0.3 is 4.90 Å². The Hall–Kier alpha value is -1.92.